The number of fused-ring (bicyclic) bond motifs is 1. The molecule has 3 N–H and O–H groups in total. The zero-order chi connectivity index (χ0) is 36.3. The highest BCUT2D eigenvalue weighted by Gasteiger charge is 2.44. The zero-order valence-corrected chi connectivity index (χ0v) is 31.2. The first-order chi connectivity index (χ1) is 24.0. The van der Waals surface area contributed by atoms with Crippen LogP contribution in [0, 0.1) is 11.3 Å². The van der Waals surface area contributed by atoms with Crippen LogP contribution in [0.4, 0.5) is 5.69 Å². The van der Waals surface area contributed by atoms with Crippen molar-refractivity contribution in [3.8, 4) is 5.75 Å². The van der Waals surface area contributed by atoms with E-state index in [1.54, 1.807) is 21.3 Å². The van der Waals surface area contributed by atoms with E-state index < -0.39 is 11.5 Å². The molecule has 0 aromatic heterocycles. The number of hydrogen-bond acceptors (Lipinski definition) is 9. The summed E-state index contributed by atoms with van der Waals surface area (Å²) in [7, 11) is 5.04. The first-order valence-electron chi connectivity index (χ1n) is 18.0. The quantitative estimate of drug-likeness (QED) is 0.217. The molecule has 0 saturated carbocycles. The summed E-state index contributed by atoms with van der Waals surface area (Å²) < 4.78 is 28.9. The Balaban J connectivity index is 1.63. The topological polar surface area (TPSA) is 125 Å². The molecule has 4 rings (SSSR count). The summed E-state index contributed by atoms with van der Waals surface area (Å²) in [4.78, 5) is 31.2. The number of nitrogens with zero attached hydrogens (tertiary/aromatic N) is 2. The van der Waals surface area contributed by atoms with Crippen molar-refractivity contribution in [2.45, 2.75) is 84.3 Å². The normalized spacial score (nSPS) is 20.0. The molecule has 2 aromatic rings. The molecule has 2 amide bonds. The minimum Gasteiger partial charge on any atom is -0.490 e. The number of anilines is 1. The summed E-state index contributed by atoms with van der Waals surface area (Å²) in [6.45, 7) is 13.2. The Hall–Kier alpha value is -3.22. The highest BCUT2D eigenvalue weighted by atomic mass is 16.5. The van der Waals surface area contributed by atoms with E-state index in [0.717, 1.165) is 47.6 Å². The number of ether oxygens (including phenoxy) is 5. The first kappa shape index (κ1) is 39.6. The van der Waals surface area contributed by atoms with Crippen LogP contribution in [0.15, 0.2) is 42.5 Å². The van der Waals surface area contributed by atoms with Crippen molar-refractivity contribution in [3.05, 3.63) is 59.2 Å². The summed E-state index contributed by atoms with van der Waals surface area (Å²) >= 11 is 0. The van der Waals surface area contributed by atoms with Crippen molar-refractivity contribution in [1.29, 1.82) is 0 Å². The number of benzene rings is 2. The van der Waals surface area contributed by atoms with Crippen LogP contribution in [0.1, 0.15) is 69.6 Å². The lowest BCUT2D eigenvalue weighted by Crippen LogP contribution is -2.58. The number of carbonyl (C=O) groups excluding carboxylic acids is 2. The summed E-state index contributed by atoms with van der Waals surface area (Å²) in [5, 5.41) is 2.81. The molecule has 2 aliphatic heterocycles. The second kappa shape index (κ2) is 18.9. The predicted octanol–water partition coefficient (Wildman–Crippen LogP) is 4.50. The average Bonchev–Trinajstić information content (AvgIpc) is 3.11. The molecule has 0 spiro atoms. The van der Waals surface area contributed by atoms with Crippen LogP contribution >= 0.6 is 0 Å². The molecule has 11 nitrogen and oxygen atoms in total. The molecule has 2 heterocycles. The molecule has 4 atom stereocenters. The monoisotopic (exact) mass is 696 g/mol. The van der Waals surface area contributed by atoms with Gasteiger partial charge in [-0.05, 0) is 54.0 Å². The van der Waals surface area contributed by atoms with Crippen molar-refractivity contribution in [2.75, 3.05) is 72.2 Å². The van der Waals surface area contributed by atoms with Gasteiger partial charge in [0.2, 0.25) is 11.8 Å². The molecule has 2 aromatic carbocycles. The summed E-state index contributed by atoms with van der Waals surface area (Å²) in [5.41, 5.74) is 10.1. The van der Waals surface area contributed by atoms with Gasteiger partial charge in [0, 0.05) is 58.3 Å². The Morgan fingerprint density at radius 3 is 2.42 bits per heavy atom. The van der Waals surface area contributed by atoms with Gasteiger partial charge in [-0.2, -0.15) is 0 Å². The smallest absolute Gasteiger partial charge is 0.240 e. The number of piperidine rings is 1. The molecular weight excluding hydrogens is 636 g/mol. The molecule has 11 heteroatoms. The molecule has 1 fully saturated rings. The molecular formula is C39H60N4O7. The Labute approximate surface area is 299 Å². The zero-order valence-electron chi connectivity index (χ0n) is 31.2. The number of likely N-dealkylation sites (tertiary alicyclic amines) is 1. The maximum absolute atomic E-state index is 14.0. The molecule has 0 unspecified atom stereocenters. The molecule has 278 valence electrons. The molecule has 2 aliphatic rings. The van der Waals surface area contributed by atoms with Gasteiger partial charge in [0.1, 0.15) is 12.4 Å². The highest BCUT2D eigenvalue weighted by Crippen LogP contribution is 2.40. The summed E-state index contributed by atoms with van der Waals surface area (Å²) in [6.07, 6.45) is 1.77. The van der Waals surface area contributed by atoms with Crippen molar-refractivity contribution in [2.24, 2.45) is 17.1 Å². The minimum atomic E-state index is -0.693. The van der Waals surface area contributed by atoms with E-state index in [9.17, 15) is 9.59 Å². The minimum absolute atomic E-state index is 0.0187. The fourth-order valence-corrected chi connectivity index (χ4v) is 6.96. The summed E-state index contributed by atoms with van der Waals surface area (Å²) in [6, 6.07) is 13.8. The van der Waals surface area contributed by atoms with Gasteiger partial charge in [-0.15, -0.1) is 0 Å². The van der Waals surface area contributed by atoms with Crippen molar-refractivity contribution in [1.82, 2.24) is 10.2 Å². The standard InChI is InChI=1S/C39H60N4O7/c1-27(2)36(40)37(44)43-24-35(50-26-29-11-14-34-33(21-29)42(16-18-49-34)15-8-17-46-6)32(22-31(43)23-39(3,4)38(45)41-5)30-12-9-28(10-13-30)25-48-20-19-47-7/h9-14,21,27,31-32,35-36H,8,15-20,22-26,40H2,1-7H3,(H,41,45)/t31-,32+,35-,36-/m0/s1. The van der Waals surface area contributed by atoms with Crippen LogP contribution in [-0.4, -0.2) is 102 Å². The maximum Gasteiger partial charge on any atom is 0.240 e. The van der Waals surface area contributed by atoms with E-state index >= 15 is 0 Å². The predicted molar refractivity (Wildman–Crippen MR) is 195 cm³/mol. The van der Waals surface area contributed by atoms with Gasteiger partial charge in [-0.3, -0.25) is 9.59 Å². The van der Waals surface area contributed by atoms with Gasteiger partial charge in [0.15, 0.2) is 0 Å². The number of amides is 2. The van der Waals surface area contributed by atoms with Gasteiger partial charge in [-0.1, -0.05) is 58.0 Å². The van der Waals surface area contributed by atoms with Gasteiger partial charge in [-0.25, -0.2) is 0 Å². The molecule has 0 radical (unpaired) electrons. The van der Waals surface area contributed by atoms with Crippen LogP contribution in [0.2, 0.25) is 0 Å². The van der Waals surface area contributed by atoms with E-state index in [2.05, 4.69) is 46.6 Å². The van der Waals surface area contributed by atoms with Crippen LogP contribution in [0.25, 0.3) is 0 Å². The van der Waals surface area contributed by atoms with Crippen molar-refractivity contribution >= 4 is 17.5 Å². The number of rotatable bonds is 18. The number of carbonyl (C=O) groups is 2. The fourth-order valence-electron chi connectivity index (χ4n) is 6.96. The third-order valence-corrected chi connectivity index (χ3v) is 10.00. The van der Waals surface area contributed by atoms with Crippen LogP contribution in [-0.2, 0) is 41.8 Å². The Bertz CT molecular complexity index is 1370. The Kier molecular flexibility index (Phi) is 14.9. The van der Waals surface area contributed by atoms with Crippen molar-refractivity contribution in [3.63, 3.8) is 0 Å². The number of nitrogens with two attached hydrogens (primary N) is 1. The number of hydrogen-bond donors (Lipinski definition) is 2. The Morgan fingerprint density at radius 1 is 1.02 bits per heavy atom. The third-order valence-electron chi connectivity index (χ3n) is 10.00. The number of methoxy groups -OCH3 is 2. The molecule has 1 saturated heterocycles. The van der Waals surface area contributed by atoms with Crippen LogP contribution in [0.3, 0.4) is 0 Å². The van der Waals surface area contributed by atoms with Crippen LogP contribution < -0.4 is 20.7 Å². The highest BCUT2D eigenvalue weighted by molar-refractivity contribution is 5.83. The van der Waals surface area contributed by atoms with E-state index in [4.69, 9.17) is 29.4 Å². The van der Waals surface area contributed by atoms with Gasteiger partial charge in [0.25, 0.3) is 0 Å². The lowest BCUT2D eigenvalue weighted by Gasteiger charge is -2.47. The van der Waals surface area contributed by atoms with E-state index in [1.807, 2.05) is 38.7 Å². The molecule has 50 heavy (non-hydrogen) atoms. The van der Waals surface area contributed by atoms with E-state index in [1.165, 1.54) is 0 Å². The largest absolute Gasteiger partial charge is 0.490 e. The third kappa shape index (κ3) is 10.4. The molecule has 0 aliphatic carbocycles. The lowest BCUT2D eigenvalue weighted by molar-refractivity contribution is -0.146. The Morgan fingerprint density at radius 2 is 1.74 bits per heavy atom. The van der Waals surface area contributed by atoms with Gasteiger partial charge < -0.3 is 44.5 Å². The second-order valence-corrected chi connectivity index (χ2v) is 14.5. The van der Waals surface area contributed by atoms with E-state index in [-0.39, 0.29) is 35.8 Å². The van der Waals surface area contributed by atoms with E-state index in [0.29, 0.717) is 59.0 Å². The molecule has 0 bridgehead atoms. The maximum atomic E-state index is 14.0. The summed E-state index contributed by atoms with van der Waals surface area (Å²) in [5.74, 6) is 0.662. The van der Waals surface area contributed by atoms with Crippen molar-refractivity contribution < 1.29 is 33.3 Å². The fraction of sp³-hybridized carbons (Fsp3) is 0.641. The van der Waals surface area contributed by atoms with Crippen LogP contribution in [0.5, 0.6) is 5.75 Å². The van der Waals surface area contributed by atoms with Gasteiger partial charge in [0.05, 0.1) is 50.8 Å². The van der Waals surface area contributed by atoms with Gasteiger partial charge >= 0.3 is 0 Å². The first-order valence-corrected chi connectivity index (χ1v) is 18.0. The number of nitrogens with one attached hydrogen (secondary N) is 1. The SMILES string of the molecule is CNC(=O)C(C)(C)C[C@@H]1C[C@H](c2ccc(COCCOC)cc2)[C@@H](OCc2ccc3c(c2)N(CCCOC)CCO3)CN1C(=O)[C@@H](N)C(C)C. The lowest BCUT2D eigenvalue weighted by atomic mass is 9.76. The second-order valence-electron chi connectivity index (χ2n) is 14.5. The average molecular weight is 697 g/mol.